The quantitative estimate of drug-likeness (QED) is 0.154. The number of nitrogens with one attached hydrogen (secondary N) is 1. The predicted molar refractivity (Wildman–Crippen MR) is 184 cm³/mol. The van der Waals surface area contributed by atoms with Crippen LogP contribution in [0.1, 0.15) is 71.1 Å². The Hall–Kier alpha value is -3.55. The molecule has 7 heteroatoms. The number of carbonyl (C=O) groups excluding carboxylic acids is 1. The molecule has 1 N–H and O–H groups in total. The van der Waals surface area contributed by atoms with Gasteiger partial charge in [0.15, 0.2) is 0 Å². The maximum absolute atomic E-state index is 10.9. The van der Waals surface area contributed by atoms with Gasteiger partial charge in [-0.25, -0.2) is 0 Å². The van der Waals surface area contributed by atoms with Gasteiger partial charge in [0.2, 0.25) is 5.91 Å². The van der Waals surface area contributed by atoms with Crippen LogP contribution in [0.3, 0.4) is 0 Å². The summed E-state index contributed by atoms with van der Waals surface area (Å²) in [5.74, 6) is 3.41. The number of hydrogen-bond acceptors (Lipinski definition) is 6. The number of amides is 1. The van der Waals surface area contributed by atoms with Gasteiger partial charge in [-0.2, -0.15) is 0 Å². The highest BCUT2D eigenvalue weighted by Crippen LogP contribution is 2.24. The van der Waals surface area contributed by atoms with Crippen molar-refractivity contribution in [3.05, 3.63) is 78.9 Å². The van der Waals surface area contributed by atoms with Gasteiger partial charge in [-0.15, -0.1) is 0 Å². The fourth-order valence-electron chi connectivity index (χ4n) is 5.69. The minimum absolute atomic E-state index is 0.0540. The Morgan fingerprint density at radius 3 is 1.51 bits per heavy atom. The van der Waals surface area contributed by atoms with Gasteiger partial charge < -0.3 is 29.3 Å². The molecule has 45 heavy (non-hydrogen) atoms. The zero-order valence-corrected chi connectivity index (χ0v) is 27.3. The number of carbonyl (C=O) groups is 1. The summed E-state index contributed by atoms with van der Waals surface area (Å²) in [5.41, 5.74) is 0.806. The third kappa shape index (κ3) is 14.4. The molecule has 2 aliphatic rings. The van der Waals surface area contributed by atoms with Gasteiger partial charge in [-0.3, -0.25) is 4.79 Å². The van der Waals surface area contributed by atoms with Gasteiger partial charge in [-0.05, 0) is 164 Å². The first-order valence-electron chi connectivity index (χ1n) is 17.0. The number of likely N-dealkylation sites (tertiary alicyclic amines) is 2. The van der Waals surface area contributed by atoms with Crippen LogP contribution >= 0.6 is 0 Å². The van der Waals surface area contributed by atoms with Crippen molar-refractivity contribution in [2.45, 2.75) is 71.1 Å². The number of anilines is 1. The molecule has 2 saturated heterocycles. The predicted octanol–water partition coefficient (Wildman–Crippen LogP) is 8.41. The van der Waals surface area contributed by atoms with Crippen LogP contribution in [-0.2, 0) is 4.79 Å². The molecule has 0 spiro atoms. The van der Waals surface area contributed by atoms with E-state index >= 15 is 0 Å². The lowest BCUT2D eigenvalue weighted by Gasteiger charge is -2.14. The molecule has 7 nitrogen and oxygen atoms in total. The van der Waals surface area contributed by atoms with E-state index in [2.05, 4.69) is 15.1 Å². The first-order chi connectivity index (χ1) is 22.1. The van der Waals surface area contributed by atoms with Crippen LogP contribution < -0.4 is 19.5 Å². The summed E-state index contributed by atoms with van der Waals surface area (Å²) in [5, 5.41) is 2.74. The summed E-state index contributed by atoms with van der Waals surface area (Å²) in [6.45, 7) is 10.7. The minimum atomic E-state index is -0.0540. The van der Waals surface area contributed by atoms with Crippen LogP contribution in [0.4, 0.5) is 5.69 Å². The Bertz CT molecular complexity index is 1190. The standard InChI is InChI=1S/C21H27NO2.C17H26N2O2/c1-3-9-20(10-4-1)24-21-13-11-19(12-14-21)23-18-8-2-5-15-22-16-6-7-17-22;1-15(20)18-16-7-9-17(10-8-16)21-14-6-2-3-11-19-12-4-5-13-19/h1,3-4,9-14H,2,5-8,15-18H2;7-10H,2-6,11-14H2,1H3,(H,18,20). The first-order valence-corrected chi connectivity index (χ1v) is 17.0. The van der Waals surface area contributed by atoms with E-state index in [1.807, 2.05) is 78.9 Å². The van der Waals surface area contributed by atoms with Gasteiger partial charge in [-0.1, -0.05) is 18.2 Å². The molecule has 244 valence electrons. The largest absolute Gasteiger partial charge is 0.494 e. The molecule has 2 heterocycles. The van der Waals surface area contributed by atoms with Gasteiger partial charge in [0, 0.05) is 12.6 Å². The molecule has 0 bridgehead atoms. The number of benzene rings is 3. The molecule has 0 aromatic heterocycles. The van der Waals surface area contributed by atoms with Crippen LogP contribution in [0.5, 0.6) is 23.0 Å². The number of hydrogen-bond donors (Lipinski definition) is 1. The van der Waals surface area contributed by atoms with E-state index in [9.17, 15) is 4.79 Å². The Labute approximate surface area is 270 Å². The summed E-state index contributed by atoms with van der Waals surface area (Å²) >= 11 is 0. The maximum Gasteiger partial charge on any atom is 0.221 e. The second-order valence-electron chi connectivity index (χ2n) is 12.0. The lowest BCUT2D eigenvalue weighted by Crippen LogP contribution is -2.20. The third-order valence-corrected chi connectivity index (χ3v) is 8.15. The summed E-state index contributed by atoms with van der Waals surface area (Å²) in [7, 11) is 0. The molecular formula is C38H53N3O4. The van der Waals surface area contributed by atoms with Crippen molar-refractivity contribution in [3.8, 4) is 23.0 Å². The van der Waals surface area contributed by atoms with Crippen LogP contribution in [0.15, 0.2) is 78.9 Å². The van der Waals surface area contributed by atoms with E-state index in [1.54, 1.807) is 0 Å². The van der Waals surface area contributed by atoms with Gasteiger partial charge >= 0.3 is 0 Å². The molecule has 2 aliphatic heterocycles. The van der Waals surface area contributed by atoms with Gasteiger partial charge in [0.05, 0.1) is 13.2 Å². The smallest absolute Gasteiger partial charge is 0.221 e. The molecule has 0 saturated carbocycles. The molecule has 3 aromatic carbocycles. The van der Waals surface area contributed by atoms with Crippen LogP contribution in [0.2, 0.25) is 0 Å². The molecule has 1 amide bonds. The fraction of sp³-hybridized carbons (Fsp3) is 0.500. The van der Waals surface area contributed by atoms with Crippen molar-refractivity contribution in [3.63, 3.8) is 0 Å². The van der Waals surface area contributed by atoms with Crippen molar-refractivity contribution in [1.82, 2.24) is 9.80 Å². The lowest BCUT2D eigenvalue weighted by atomic mass is 10.2. The Kier molecular flexibility index (Phi) is 15.6. The highest BCUT2D eigenvalue weighted by atomic mass is 16.5. The topological polar surface area (TPSA) is 63.3 Å². The number of ether oxygens (including phenoxy) is 3. The van der Waals surface area contributed by atoms with E-state index in [0.29, 0.717) is 0 Å². The van der Waals surface area contributed by atoms with Crippen molar-refractivity contribution in [1.29, 1.82) is 0 Å². The Morgan fingerprint density at radius 2 is 1.02 bits per heavy atom. The second kappa shape index (κ2) is 20.5. The summed E-state index contributed by atoms with van der Waals surface area (Å²) in [6, 6.07) is 25.2. The Morgan fingerprint density at radius 1 is 0.578 bits per heavy atom. The van der Waals surface area contributed by atoms with E-state index in [0.717, 1.165) is 54.7 Å². The normalized spacial score (nSPS) is 14.9. The second-order valence-corrected chi connectivity index (χ2v) is 12.0. The van der Waals surface area contributed by atoms with Gasteiger partial charge in [0.25, 0.3) is 0 Å². The molecule has 3 aromatic rings. The van der Waals surface area contributed by atoms with Crippen LogP contribution in [0.25, 0.3) is 0 Å². The first kappa shape index (κ1) is 34.3. The number of para-hydroxylation sites is 1. The zero-order chi connectivity index (χ0) is 31.4. The molecule has 0 atom stereocenters. The minimum Gasteiger partial charge on any atom is -0.494 e. The SMILES string of the molecule is CC(=O)Nc1ccc(OCCCCCN2CCCC2)cc1.c1ccc(Oc2ccc(OCCCCCN3CCCC3)cc2)cc1. The third-order valence-electron chi connectivity index (χ3n) is 8.15. The Balaban J connectivity index is 0.000000207. The number of rotatable bonds is 17. The number of unbranched alkanes of at least 4 members (excludes halogenated alkanes) is 4. The van der Waals surface area contributed by atoms with Crippen LogP contribution in [0, 0.1) is 0 Å². The molecule has 0 unspecified atom stereocenters. The van der Waals surface area contributed by atoms with Crippen molar-refractivity contribution < 1.29 is 19.0 Å². The molecule has 5 rings (SSSR count). The van der Waals surface area contributed by atoms with Crippen molar-refractivity contribution in [2.24, 2.45) is 0 Å². The van der Waals surface area contributed by atoms with Crippen molar-refractivity contribution >= 4 is 11.6 Å². The van der Waals surface area contributed by atoms with Crippen molar-refractivity contribution in [2.75, 3.05) is 57.8 Å². The zero-order valence-electron chi connectivity index (χ0n) is 27.3. The molecule has 0 radical (unpaired) electrons. The van der Waals surface area contributed by atoms with E-state index in [-0.39, 0.29) is 5.91 Å². The lowest BCUT2D eigenvalue weighted by molar-refractivity contribution is -0.114. The molecule has 0 aliphatic carbocycles. The van der Waals surface area contributed by atoms with Crippen LogP contribution in [-0.4, -0.2) is 68.2 Å². The summed E-state index contributed by atoms with van der Waals surface area (Å²) < 4.78 is 17.3. The fourth-order valence-corrected chi connectivity index (χ4v) is 5.69. The van der Waals surface area contributed by atoms with E-state index in [4.69, 9.17) is 14.2 Å². The summed E-state index contributed by atoms with van der Waals surface area (Å²) in [6.07, 6.45) is 12.7. The average molecular weight is 616 g/mol. The monoisotopic (exact) mass is 615 g/mol. The average Bonchev–Trinajstić information content (AvgIpc) is 3.78. The number of nitrogens with zero attached hydrogens (tertiary/aromatic N) is 2. The molecular weight excluding hydrogens is 562 g/mol. The maximum atomic E-state index is 10.9. The van der Waals surface area contributed by atoms with E-state index in [1.165, 1.54) is 97.6 Å². The summed E-state index contributed by atoms with van der Waals surface area (Å²) in [4.78, 5) is 16.1. The highest BCUT2D eigenvalue weighted by molar-refractivity contribution is 5.88. The highest BCUT2D eigenvalue weighted by Gasteiger charge is 2.11. The molecule has 2 fully saturated rings. The van der Waals surface area contributed by atoms with Gasteiger partial charge in [0.1, 0.15) is 23.0 Å². The van der Waals surface area contributed by atoms with E-state index < -0.39 is 0 Å².